The van der Waals surface area contributed by atoms with E-state index in [0.717, 1.165) is 22.5 Å². The van der Waals surface area contributed by atoms with Crippen LogP contribution in [0.15, 0.2) is 42.7 Å². The molecule has 1 aromatic carbocycles. The van der Waals surface area contributed by atoms with Gasteiger partial charge in [-0.1, -0.05) is 13.8 Å². The van der Waals surface area contributed by atoms with Gasteiger partial charge in [-0.3, -0.25) is 19.1 Å². The number of pyridine rings is 1. The first-order valence-electron chi connectivity index (χ1n) is 10.1. The van der Waals surface area contributed by atoms with E-state index < -0.39 is 18.0 Å². The number of likely N-dealkylation sites (N-methyl/N-ethyl adjacent to an activating group) is 1. The van der Waals surface area contributed by atoms with Crippen molar-refractivity contribution in [3.8, 4) is 5.69 Å². The maximum absolute atomic E-state index is 13.0. The Hall–Kier alpha value is -3.55. The van der Waals surface area contributed by atoms with Crippen LogP contribution in [-0.4, -0.2) is 50.4 Å². The van der Waals surface area contributed by atoms with Crippen LogP contribution in [0.25, 0.3) is 16.7 Å². The molecule has 2 aromatic heterocycles. The quantitative estimate of drug-likeness (QED) is 0.447. The summed E-state index contributed by atoms with van der Waals surface area (Å²) in [5.74, 6) is -0.795. The Balaban J connectivity index is 1.86. The van der Waals surface area contributed by atoms with Crippen molar-refractivity contribution in [1.29, 1.82) is 0 Å². The number of carbonyl (C=O) groups excluding carboxylic acids is 3. The average molecular weight is 422 g/mol. The summed E-state index contributed by atoms with van der Waals surface area (Å²) in [6.45, 7) is 6.95. The summed E-state index contributed by atoms with van der Waals surface area (Å²) < 4.78 is 6.74. The molecule has 0 saturated carbocycles. The van der Waals surface area contributed by atoms with Crippen LogP contribution in [0.5, 0.6) is 0 Å². The van der Waals surface area contributed by atoms with Gasteiger partial charge < -0.3 is 9.64 Å². The Morgan fingerprint density at radius 2 is 1.81 bits per heavy atom. The Morgan fingerprint density at radius 3 is 2.42 bits per heavy atom. The van der Waals surface area contributed by atoms with Gasteiger partial charge in [-0.2, -0.15) is 0 Å². The molecule has 1 atom stereocenters. The van der Waals surface area contributed by atoms with Crippen molar-refractivity contribution in [2.75, 3.05) is 7.05 Å². The minimum Gasteiger partial charge on any atom is -0.392 e. The molecule has 0 radical (unpaired) electrons. The molecule has 8 nitrogen and oxygen atoms in total. The molecule has 0 aliphatic carbocycles. The molecule has 0 bridgehead atoms. The summed E-state index contributed by atoms with van der Waals surface area (Å²) in [6.07, 6.45) is 3.81. The van der Waals surface area contributed by atoms with Crippen LogP contribution >= 0.6 is 0 Å². The second kappa shape index (κ2) is 9.07. The standard InChI is InChI=1S/C23H26N4O4/c1-14(2)12-21(23(30)31-16(4)28)26(5)22(29)17-6-8-18(9-7-17)27-15(3)25-19-13-24-11-10-20(19)27/h6-11,13-14,21H,12H2,1-5H3/t21-/m0/s1. The van der Waals surface area contributed by atoms with Crippen LogP contribution < -0.4 is 0 Å². The lowest BCUT2D eigenvalue weighted by molar-refractivity contribution is -0.161. The first kappa shape index (κ1) is 22.1. The van der Waals surface area contributed by atoms with Gasteiger partial charge in [-0.05, 0) is 49.6 Å². The molecule has 0 saturated heterocycles. The van der Waals surface area contributed by atoms with Crippen LogP contribution in [0.2, 0.25) is 0 Å². The molecular formula is C23H26N4O4. The summed E-state index contributed by atoms with van der Waals surface area (Å²) in [4.78, 5) is 46.6. The predicted molar refractivity (Wildman–Crippen MR) is 116 cm³/mol. The minimum absolute atomic E-state index is 0.133. The number of hydrogen-bond acceptors (Lipinski definition) is 6. The lowest BCUT2D eigenvalue weighted by atomic mass is 10.0. The van der Waals surface area contributed by atoms with Crippen molar-refractivity contribution in [2.45, 2.75) is 40.2 Å². The zero-order valence-electron chi connectivity index (χ0n) is 18.3. The fourth-order valence-corrected chi connectivity index (χ4v) is 3.55. The van der Waals surface area contributed by atoms with Crippen molar-refractivity contribution >= 4 is 28.9 Å². The average Bonchev–Trinajstić information content (AvgIpc) is 3.06. The van der Waals surface area contributed by atoms with Crippen LogP contribution in [-0.2, 0) is 14.3 Å². The maximum atomic E-state index is 13.0. The Labute approximate surface area is 180 Å². The van der Waals surface area contributed by atoms with Crippen LogP contribution in [0.1, 0.15) is 43.4 Å². The maximum Gasteiger partial charge on any atom is 0.336 e. The van der Waals surface area contributed by atoms with Crippen LogP contribution in [0.4, 0.5) is 0 Å². The van der Waals surface area contributed by atoms with E-state index in [4.69, 9.17) is 4.74 Å². The van der Waals surface area contributed by atoms with Crippen molar-refractivity contribution in [2.24, 2.45) is 5.92 Å². The highest BCUT2D eigenvalue weighted by molar-refractivity contribution is 5.98. The third kappa shape index (κ3) is 4.79. The number of imidazole rings is 1. The number of hydrogen-bond donors (Lipinski definition) is 0. The van der Waals surface area contributed by atoms with E-state index in [1.807, 2.05) is 43.5 Å². The van der Waals surface area contributed by atoms with Crippen molar-refractivity contribution in [3.05, 3.63) is 54.1 Å². The van der Waals surface area contributed by atoms with Gasteiger partial charge >= 0.3 is 11.9 Å². The number of aromatic nitrogens is 3. The number of benzene rings is 1. The molecule has 31 heavy (non-hydrogen) atoms. The zero-order chi connectivity index (χ0) is 22.7. The Morgan fingerprint density at radius 1 is 1.13 bits per heavy atom. The van der Waals surface area contributed by atoms with Gasteiger partial charge in [0.1, 0.15) is 17.4 Å². The second-order valence-corrected chi connectivity index (χ2v) is 7.88. The highest BCUT2D eigenvalue weighted by Crippen LogP contribution is 2.22. The van der Waals surface area contributed by atoms with Gasteiger partial charge in [0.05, 0.1) is 11.7 Å². The molecule has 1 amide bonds. The first-order chi connectivity index (χ1) is 14.7. The molecule has 0 spiro atoms. The number of esters is 2. The number of ether oxygens (including phenoxy) is 1. The van der Waals surface area contributed by atoms with Gasteiger partial charge in [0, 0.05) is 31.4 Å². The molecule has 0 unspecified atom stereocenters. The van der Waals surface area contributed by atoms with Crippen molar-refractivity contribution in [3.63, 3.8) is 0 Å². The SMILES string of the molecule is CC(=O)OC(=O)[C@H](CC(C)C)N(C)C(=O)c1ccc(-n2c(C)nc3cnccc32)cc1. The molecule has 0 fully saturated rings. The van der Waals surface area contributed by atoms with Gasteiger partial charge in [0.15, 0.2) is 0 Å². The number of rotatable bonds is 6. The van der Waals surface area contributed by atoms with Crippen molar-refractivity contribution in [1.82, 2.24) is 19.4 Å². The topological polar surface area (TPSA) is 94.4 Å². The van der Waals surface area contributed by atoms with Gasteiger partial charge in [0.2, 0.25) is 0 Å². The normalized spacial score (nSPS) is 12.1. The highest BCUT2D eigenvalue weighted by Gasteiger charge is 2.30. The molecule has 8 heteroatoms. The first-order valence-corrected chi connectivity index (χ1v) is 10.1. The lowest BCUT2D eigenvalue weighted by Crippen LogP contribution is -2.44. The van der Waals surface area contributed by atoms with E-state index in [-0.39, 0.29) is 11.8 Å². The van der Waals surface area contributed by atoms with E-state index in [9.17, 15) is 14.4 Å². The fraction of sp³-hybridized carbons (Fsp3) is 0.348. The smallest absolute Gasteiger partial charge is 0.336 e. The molecule has 0 aliphatic heterocycles. The molecule has 0 aliphatic rings. The summed E-state index contributed by atoms with van der Waals surface area (Å²) in [6, 6.07) is 8.14. The second-order valence-electron chi connectivity index (χ2n) is 7.88. The number of fused-ring (bicyclic) bond motifs is 1. The molecule has 0 N–H and O–H groups in total. The highest BCUT2D eigenvalue weighted by atomic mass is 16.6. The van der Waals surface area contributed by atoms with Crippen molar-refractivity contribution < 1.29 is 19.1 Å². The van der Waals surface area contributed by atoms with E-state index in [1.54, 1.807) is 31.6 Å². The third-order valence-corrected chi connectivity index (χ3v) is 5.00. The van der Waals surface area contributed by atoms with E-state index in [0.29, 0.717) is 12.0 Å². The molecule has 3 rings (SSSR count). The summed E-state index contributed by atoms with van der Waals surface area (Å²) in [7, 11) is 1.55. The summed E-state index contributed by atoms with van der Waals surface area (Å²) in [5.41, 5.74) is 3.01. The summed E-state index contributed by atoms with van der Waals surface area (Å²) in [5, 5.41) is 0. The largest absolute Gasteiger partial charge is 0.392 e. The molecule has 2 heterocycles. The minimum atomic E-state index is -0.844. The van der Waals surface area contributed by atoms with Crippen LogP contribution in [0.3, 0.4) is 0 Å². The van der Waals surface area contributed by atoms with E-state index in [2.05, 4.69) is 9.97 Å². The van der Waals surface area contributed by atoms with Crippen LogP contribution in [0, 0.1) is 12.8 Å². The number of carbonyl (C=O) groups is 3. The number of amides is 1. The molecule has 162 valence electrons. The lowest BCUT2D eigenvalue weighted by Gasteiger charge is -2.27. The fourth-order valence-electron chi connectivity index (χ4n) is 3.55. The number of nitrogens with zero attached hydrogens (tertiary/aromatic N) is 4. The van der Waals surface area contributed by atoms with Gasteiger partial charge in [0.25, 0.3) is 5.91 Å². The van der Waals surface area contributed by atoms with Gasteiger partial charge in [-0.25, -0.2) is 9.78 Å². The van der Waals surface area contributed by atoms with E-state index in [1.165, 1.54) is 11.8 Å². The molecule has 3 aromatic rings. The number of aryl methyl sites for hydroxylation is 1. The van der Waals surface area contributed by atoms with E-state index >= 15 is 0 Å². The Bertz CT molecular complexity index is 1120. The van der Waals surface area contributed by atoms with Gasteiger partial charge in [-0.15, -0.1) is 0 Å². The monoisotopic (exact) mass is 422 g/mol. The Kier molecular flexibility index (Phi) is 6.48. The summed E-state index contributed by atoms with van der Waals surface area (Å²) >= 11 is 0. The predicted octanol–water partition coefficient (Wildman–Crippen LogP) is 3.31. The molecular weight excluding hydrogens is 396 g/mol. The third-order valence-electron chi connectivity index (χ3n) is 5.00. The zero-order valence-corrected chi connectivity index (χ0v) is 18.3.